The predicted molar refractivity (Wildman–Crippen MR) is 68.2 cm³/mol. The van der Waals surface area contributed by atoms with Gasteiger partial charge in [0.25, 0.3) is 0 Å². The van der Waals surface area contributed by atoms with Gasteiger partial charge in [0.05, 0.1) is 18.2 Å². The number of rotatable bonds is 4. The zero-order valence-corrected chi connectivity index (χ0v) is 10.0. The van der Waals surface area contributed by atoms with Crippen molar-refractivity contribution < 1.29 is 9.91 Å². The van der Waals surface area contributed by atoms with Crippen molar-refractivity contribution in [1.82, 2.24) is 0 Å². The normalized spacial score (nSPS) is 10.1. The maximum atomic E-state index is 10.9. The Morgan fingerprint density at radius 3 is 2.61 bits per heavy atom. The largest absolute Gasteiger partial charge is 0.357 e. The van der Waals surface area contributed by atoms with Crippen LogP contribution < -0.4 is 9.88 Å². The Morgan fingerprint density at radius 1 is 1.22 bits per heavy atom. The van der Waals surface area contributed by atoms with Crippen LogP contribution in [0.15, 0.2) is 48.7 Å². The molecule has 0 saturated carbocycles. The lowest BCUT2D eigenvalue weighted by molar-refractivity contribution is -0.411. The van der Waals surface area contributed by atoms with Gasteiger partial charge in [-0.05, 0) is 11.6 Å². The molecule has 0 radical (unpaired) electrons. The highest BCUT2D eigenvalue weighted by atomic mass is 16.6. The number of H-pyrrole nitrogens is 1. The molecule has 0 spiro atoms. The first-order valence-corrected chi connectivity index (χ1v) is 5.58. The predicted octanol–water partition coefficient (Wildman–Crippen LogP) is 2.05. The third-order valence-corrected chi connectivity index (χ3v) is 2.65. The van der Waals surface area contributed by atoms with Crippen LogP contribution in [0.25, 0.3) is 0 Å². The number of nitrogens with zero attached hydrogens (tertiary/aromatic N) is 2. The third kappa shape index (κ3) is 2.63. The Bertz CT molecular complexity index is 543. The quantitative estimate of drug-likeness (QED) is 0.610. The molecule has 0 fully saturated rings. The van der Waals surface area contributed by atoms with Crippen LogP contribution in [-0.2, 0) is 6.54 Å². The summed E-state index contributed by atoms with van der Waals surface area (Å²) in [5.41, 5.74) is 1.18. The van der Waals surface area contributed by atoms with Crippen LogP contribution in [0.5, 0.6) is 0 Å². The highest BCUT2D eigenvalue weighted by molar-refractivity contribution is 5.52. The van der Waals surface area contributed by atoms with Crippen molar-refractivity contribution in [2.45, 2.75) is 6.54 Å². The van der Waals surface area contributed by atoms with Crippen LogP contribution >= 0.6 is 0 Å². The number of anilines is 1. The lowest BCUT2D eigenvalue weighted by Gasteiger charge is -2.10. The van der Waals surface area contributed by atoms with Gasteiger partial charge in [0.2, 0.25) is 0 Å². The summed E-state index contributed by atoms with van der Waals surface area (Å²) < 4.78 is 0. The molecule has 0 aliphatic heterocycles. The maximum Gasteiger partial charge on any atom is 0.357 e. The highest BCUT2D eigenvalue weighted by Crippen LogP contribution is 2.22. The first kappa shape index (κ1) is 12.0. The fourth-order valence-electron chi connectivity index (χ4n) is 1.81. The van der Waals surface area contributed by atoms with Gasteiger partial charge in [-0.15, -0.1) is 0 Å². The Balaban J connectivity index is 2.24. The number of nitro groups is 1. The molecule has 1 heterocycles. The van der Waals surface area contributed by atoms with Crippen LogP contribution in [0.4, 0.5) is 11.5 Å². The molecule has 2 aromatic rings. The first-order chi connectivity index (χ1) is 8.68. The number of aromatic amines is 1. The summed E-state index contributed by atoms with van der Waals surface area (Å²) in [6.45, 7) is 0.613. The molecule has 1 aromatic carbocycles. The van der Waals surface area contributed by atoms with Crippen molar-refractivity contribution in [3.63, 3.8) is 0 Å². The number of hydrogen-bond donors (Lipinski definition) is 0. The zero-order chi connectivity index (χ0) is 13.0. The fraction of sp³-hybridized carbons (Fsp3) is 0.154. The van der Waals surface area contributed by atoms with Gasteiger partial charge in [-0.1, -0.05) is 30.3 Å². The van der Waals surface area contributed by atoms with Crippen molar-refractivity contribution in [2.75, 3.05) is 11.9 Å². The molecule has 0 amide bonds. The summed E-state index contributed by atoms with van der Waals surface area (Å²) in [7, 11) is 1.83. The smallest absolute Gasteiger partial charge is 0.258 e. The van der Waals surface area contributed by atoms with Crippen molar-refractivity contribution in [3.8, 4) is 0 Å². The van der Waals surface area contributed by atoms with Gasteiger partial charge in [0.15, 0.2) is 0 Å². The average molecular weight is 244 g/mol. The van der Waals surface area contributed by atoms with Crippen LogP contribution in [0, 0.1) is 10.1 Å². The van der Waals surface area contributed by atoms with Gasteiger partial charge in [-0.3, -0.25) is 15.0 Å². The summed E-state index contributed by atoms with van der Waals surface area (Å²) >= 11 is 0. The number of nitrogens with one attached hydrogen (secondary N) is 1. The lowest BCUT2D eigenvalue weighted by atomic mass is 10.2. The molecular formula is C13H14N3O2+. The van der Waals surface area contributed by atoms with Crippen molar-refractivity contribution in [3.05, 3.63) is 64.3 Å². The Labute approximate surface area is 105 Å². The van der Waals surface area contributed by atoms with Gasteiger partial charge in [-0.25, -0.2) is 4.98 Å². The molecule has 2 rings (SSSR count). The van der Waals surface area contributed by atoms with E-state index in [0.29, 0.717) is 12.4 Å². The molecular weight excluding hydrogens is 230 g/mol. The average Bonchev–Trinajstić information content (AvgIpc) is 2.40. The van der Waals surface area contributed by atoms with E-state index in [9.17, 15) is 10.1 Å². The fourth-order valence-corrected chi connectivity index (χ4v) is 1.81. The van der Waals surface area contributed by atoms with E-state index in [1.165, 1.54) is 6.07 Å². The molecule has 0 bridgehead atoms. The molecule has 5 nitrogen and oxygen atoms in total. The van der Waals surface area contributed by atoms with Gasteiger partial charge in [0.1, 0.15) is 6.54 Å². The Morgan fingerprint density at radius 2 is 1.94 bits per heavy atom. The molecule has 0 atom stereocenters. The summed E-state index contributed by atoms with van der Waals surface area (Å²) in [6, 6.07) is 12.9. The van der Waals surface area contributed by atoms with E-state index < -0.39 is 0 Å². The van der Waals surface area contributed by atoms with Crippen LogP contribution in [0.3, 0.4) is 0 Å². The monoisotopic (exact) mass is 244 g/mol. The van der Waals surface area contributed by atoms with E-state index in [0.717, 1.165) is 5.56 Å². The number of pyridine rings is 1. The second-order valence-electron chi connectivity index (χ2n) is 4.00. The van der Waals surface area contributed by atoms with E-state index in [-0.39, 0.29) is 10.6 Å². The molecule has 1 aromatic heterocycles. The molecule has 0 aliphatic rings. The zero-order valence-electron chi connectivity index (χ0n) is 10.0. The van der Waals surface area contributed by atoms with Gasteiger partial charge in [-0.2, -0.15) is 0 Å². The minimum atomic E-state index is -0.382. The number of hydrogen-bond acceptors (Lipinski definition) is 3. The van der Waals surface area contributed by atoms with E-state index in [2.05, 4.69) is 4.98 Å². The molecule has 18 heavy (non-hydrogen) atoms. The second-order valence-corrected chi connectivity index (χ2v) is 4.00. The third-order valence-electron chi connectivity index (χ3n) is 2.65. The van der Waals surface area contributed by atoms with Gasteiger partial charge in [0, 0.05) is 6.07 Å². The van der Waals surface area contributed by atoms with Crippen LogP contribution in [0.1, 0.15) is 5.56 Å². The van der Waals surface area contributed by atoms with E-state index in [4.69, 9.17) is 0 Å². The van der Waals surface area contributed by atoms with E-state index >= 15 is 0 Å². The van der Waals surface area contributed by atoms with Gasteiger partial charge < -0.3 is 0 Å². The van der Waals surface area contributed by atoms with Gasteiger partial charge >= 0.3 is 11.5 Å². The van der Waals surface area contributed by atoms with Crippen molar-refractivity contribution >= 4 is 11.5 Å². The maximum absolute atomic E-state index is 10.9. The minimum Gasteiger partial charge on any atom is -0.258 e. The standard InChI is InChI=1S/C13H13N3O2/c1-15(10-11-6-3-2-4-7-11)13-12(16(17)18)8-5-9-14-13/h2-9H,10H2,1H3/p+1. The summed E-state index contributed by atoms with van der Waals surface area (Å²) in [5, 5.41) is 10.9. The second kappa shape index (κ2) is 5.27. The molecule has 1 N–H and O–H groups in total. The summed E-state index contributed by atoms with van der Waals surface area (Å²) in [5.74, 6) is 0.506. The topological polar surface area (TPSA) is 60.5 Å². The molecule has 0 aliphatic carbocycles. The highest BCUT2D eigenvalue weighted by Gasteiger charge is 2.24. The van der Waals surface area contributed by atoms with Crippen LogP contribution in [-0.4, -0.2) is 12.0 Å². The Kier molecular flexibility index (Phi) is 3.52. The molecule has 0 unspecified atom stereocenters. The summed E-state index contributed by atoms with van der Waals surface area (Å²) in [6.07, 6.45) is 1.68. The van der Waals surface area contributed by atoms with Crippen molar-refractivity contribution in [1.29, 1.82) is 0 Å². The SMILES string of the molecule is CN(Cc1ccccc1)c1[nH+]cccc1[N+](=O)[O-]. The first-order valence-electron chi connectivity index (χ1n) is 5.58. The molecule has 0 saturated heterocycles. The lowest BCUT2D eigenvalue weighted by Crippen LogP contribution is -2.25. The van der Waals surface area contributed by atoms with E-state index in [1.807, 2.05) is 42.3 Å². The molecule has 92 valence electrons. The van der Waals surface area contributed by atoms with Crippen LogP contribution in [0.2, 0.25) is 0 Å². The number of benzene rings is 1. The number of aromatic nitrogens is 1. The minimum absolute atomic E-state index is 0.0796. The molecule has 5 heteroatoms. The van der Waals surface area contributed by atoms with Crippen molar-refractivity contribution in [2.24, 2.45) is 0 Å². The Hall–Kier alpha value is -2.43. The summed E-state index contributed by atoms with van der Waals surface area (Å²) in [4.78, 5) is 15.3. The van der Waals surface area contributed by atoms with E-state index in [1.54, 1.807) is 12.3 Å².